The summed E-state index contributed by atoms with van der Waals surface area (Å²) in [4.78, 5) is 25.1. The smallest absolute Gasteiger partial charge is 0.328 e. The molecule has 2 rings (SSSR count). The lowest BCUT2D eigenvalue weighted by atomic mass is 10.1. The Balaban J connectivity index is 2.28. The van der Waals surface area contributed by atoms with Gasteiger partial charge in [0.1, 0.15) is 0 Å². The molecule has 1 fully saturated rings. The van der Waals surface area contributed by atoms with E-state index in [0.717, 1.165) is 12.8 Å². The van der Waals surface area contributed by atoms with E-state index in [1.165, 1.54) is 12.3 Å². The van der Waals surface area contributed by atoms with E-state index in [9.17, 15) is 9.59 Å². The van der Waals surface area contributed by atoms with Crippen LogP contribution in [-0.4, -0.2) is 36.5 Å². The lowest BCUT2D eigenvalue weighted by Gasteiger charge is -2.24. The number of rotatable bonds is 4. The first-order valence-corrected chi connectivity index (χ1v) is 6.00. The molecule has 0 aromatic carbocycles. The van der Waals surface area contributed by atoms with Gasteiger partial charge in [0.15, 0.2) is 0 Å². The Labute approximate surface area is 105 Å². The van der Waals surface area contributed by atoms with Crippen molar-refractivity contribution in [1.29, 1.82) is 0 Å². The van der Waals surface area contributed by atoms with Gasteiger partial charge in [-0.25, -0.2) is 4.79 Å². The molecule has 3 atom stereocenters. The molecule has 6 heteroatoms. The highest BCUT2D eigenvalue weighted by atomic mass is 16.5. The van der Waals surface area contributed by atoms with Crippen LogP contribution in [0, 0.1) is 5.92 Å². The van der Waals surface area contributed by atoms with Crippen molar-refractivity contribution in [1.82, 2.24) is 9.55 Å². The number of H-pyrrole nitrogens is 1. The van der Waals surface area contributed by atoms with Gasteiger partial charge in [-0.15, -0.1) is 0 Å². The predicted octanol–water partition coefficient (Wildman–Crippen LogP) is 0.149. The zero-order valence-electron chi connectivity index (χ0n) is 10.6. The SMILES string of the molecule is COC[C@H]1CC[C@@H](n2ccc(=O)[nH]c2=O)[C@@H]1OC. The van der Waals surface area contributed by atoms with Gasteiger partial charge in [-0.05, 0) is 12.8 Å². The molecule has 0 amide bonds. The van der Waals surface area contributed by atoms with Gasteiger partial charge in [0.25, 0.3) is 5.56 Å². The van der Waals surface area contributed by atoms with Crippen molar-refractivity contribution in [3.63, 3.8) is 0 Å². The van der Waals surface area contributed by atoms with E-state index in [2.05, 4.69) is 4.98 Å². The van der Waals surface area contributed by atoms with Gasteiger partial charge in [-0.2, -0.15) is 0 Å². The van der Waals surface area contributed by atoms with Gasteiger partial charge in [0, 0.05) is 32.4 Å². The molecule has 0 spiro atoms. The highest BCUT2D eigenvalue weighted by molar-refractivity contribution is 4.94. The monoisotopic (exact) mass is 254 g/mol. The summed E-state index contributed by atoms with van der Waals surface area (Å²) in [5.41, 5.74) is -0.760. The number of ether oxygens (including phenoxy) is 2. The topological polar surface area (TPSA) is 73.3 Å². The molecule has 18 heavy (non-hydrogen) atoms. The summed E-state index contributed by atoms with van der Waals surface area (Å²) in [6.07, 6.45) is 3.27. The van der Waals surface area contributed by atoms with Crippen molar-refractivity contribution in [3.05, 3.63) is 33.1 Å². The summed E-state index contributed by atoms with van der Waals surface area (Å²) in [7, 11) is 3.30. The predicted molar refractivity (Wildman–Crippen MR) is 65.8 cm³/mol. The first-order valence-electron chi connectivity index (χ1n) is 6.00. The number of methoxy groups -OCH3 is 2. The number of nitrogens with zero attached hydrogens (tertiary/aromatic N) is 1. The van der Waals surface area contributed by atoms with Gasteiger partial charge in [-0.1, -0.05) is 0 Å². The molecule has 1 aromatic heterocycles. The van der Waals surface area contributed by atoms with E-state index in [-0.39, 0.29) is 29.3 Å². The Bertz CT molecular complexity index is 507. The van der Waals surface area contributed by atoms with Crippen molar-refractivity contribution in [2.75, 3.05) is 20.8 Å². The average molecular weight is 254 g/mol. The van der Waals surface area contributed by atoms with Crippen molar-refractivity contribution in [3.8, 4) is 0 Å². The summed E-state index contributed by atoms with van der Waals surface area (Å²) in [5.74, 6) is 0.281. The van der Waals surface area contributed by atoms with Crippen LogP contribution in [0.2, 0.25) is 0 Å². The molecular formula is C12H18N2O4. The van der Waals surface area contributed by atoms with E-state index in [1.54, 1.807) is 18.8 Å². The molecule has 1 aliphatic rings. The average Bonchev–Trinajstić information content (AvgIpc) is 2.72. The Kier molecular flexibility index (Phi) is 3.98. The highest BCUT2D eigenvalue weighted by Crippen LogP contribution is 2.36. The first kappa shape index (κ1) is 13.0. The fourth-order valence-corrected chi connectivity index (χ4v) is 2.76. The van der Waals surface area contributed by atoms with Crippen LogP contribution in [0.15, 0.2) is 21.9 Å². The normalized spacial score (nSPS) is 27.6. The highest BCUT2D eigenvalue weighted by Gasteiger charge is 2.37. The molecule has 0 radical (unpaired) electrons. The number of aromatic amines is 1. The van der Waals surface area contributed by atoms with Crippen molar-refractivity contribution < 1.29 is 9.47 Å². The third-order valence-corrected chi connectivity index (χ3v) is 3.54. The summed E-state index contributed by atoms with van der Waals surface area (Å²) >= 11 is 0. The summed E-state index contributed by atoms with van der Waals surface area (Å²) in [6.45, 7) is 0.618. The number of aromatic nitrogens is 2. The van der Waals surface area contributed by atoms with Crippen LogP contribution in [0.1, 0.15) is 18.9 Å². The summed E-state index contributed by atoms with van der Waals surface area (Å²) in [6, 6.07) is 1.32. The van der Waals surface area contributed by atoms with Crippen LogP contribution < -0.4 is 11.2 Å². The van der Waals surface area contributed by atoms with E-state index >= 15 is 0 Å². The molecule has 6 nitrogen and oxygen atoms in total. The maximum atomic E-state index is 11.8. The zero-order valence-corrected chi connectivity index (χ0v) is 10.6. The van der Waals surface area contributed by atoms with E-state index < -0.39 is 0 Å². The van der Waals surface area contributed by atoms with Gasteiger partial charge in [-0.3, -0.25) is 14.3 Å². The minimum atomic E-state index is -0.382. The molecule has 1 aliphatic carbocycles. The molecular weight excluding hydrogens is 236 g/mol. The third-order valence-electron chi connectivity index (χ3n) is 3.54. The third kappa shape index (κ3) is 2.39. The summed E-state index contributed by atoms with van der Waals surface area (Å²) in [5, 5.41) is 0. The van der Waals surface area contributed by atoms with Gasteiger partial charge >= 0.3 is 5.69 Å². The van der Waals surface area contributed by atoms with Gasteiger partial charge in [0.2, 0.25) is 0 Å². The molecule has 0 saturated heterocycles. The fraction of sp³-hybridized carbons (Fsp3) is 0.667. The second-order valence-corrected chi connectivity index (χ2v) is 4.58. The van der Waals surface area contributed by atoms with E-state index in [1.807, 2.05) is 0 Å². The van der Waals surface area contributed by atoms with Gasteiger partial charge in [0.05, 0.1) is 18.8 Å². The second-order valence-electron chi connectivity index (χ2n) is 4.58. The van der Waals surface area contributed by atoms with Crippen molar-refractivity contribution in [2.24, 2.45) is 5.92 Å². The maximum Gasteiger partial charge on any atom is 0.328 e. The molecule has 0 bridgehead atoms. The molecule has 0 aliphatic heterocycles. The Hall–Kier alpha value is -1.40. The second kappa shape index (κ2) is 5.49. The van der Waals surface area contributed by atoms with E-state index in [4.69, 9.17) is 9.47 Å². The molecule has 1 aromatic rings. The standard InChI is InChI=1S/C12H18N2O4/c1-17-7-8-3-4-9(11(8)18-2)14-6-5-10(15)13-12(14)16/h5-6,8-9,11H,3-4,7H2,1-2H3,(H,13,15,16)/t8-,9-,11-/m1/s1. The largest absolute Gasteiger partial charge is 0.384 e. The van der Waals surface area contributed by atoms with Crippen molar-refractivity contribution >= 4 is 0 Å². The number of hydrogen-bond donors (Lipinski definition) is 1. The van der Waals surface area contributed by atoms with Gasteiger partial charge < -0.3 is 9.47 Å². The van der Waals surface area contributed by atoms with Crippen LogP contribution in [0.4, 0.5) is 0 Å². The quantitative estimate of drug-likeness (QED) is 0.830. The Morgan fingerprint density at radius 2 is 2.17 bits per heavy atom. The Morgan fingerprint density at radius 1 is 1.39 bits per heavy atom. The lowest BCUT2D eigenvalue weighted by Crippen LogP contribution is -2.37. The number of nitrogens with one attached hydrogen (secondary N) is 1. The summed E-state index contributed by atoms with van der Waals surface area (Å²) < 4.78 is 12.2. The first-order chi connectivity index (χ1) is 8.67. The fourth-order valence-electron chi connectivity index (χ4n) is 2.76. The van der Waals surface area contributed by atoms with E-state index in [0.29, 0.717) is 6.61 Å². The Morgan fingerprint density at radius 3 is 2.78 bits per heavy atom. The lowest BCUT2D eigenvalue weighted by molar-refractivity contribution is 0.0112. The zero-order chi connectivity index (χ0) is 13.1. The van der Waals surface area contributed by atoms with Crippen LogP contribution in [0.25, 0.3) is 0 Å². The maximum absolute atomic E-state index is 11.8. The molecule has 100 valence electrons. The molecule has 1 saturated carbocycles. The minimum Gasteiger partial charge on any atom is -0.384 e. The van der Waals surface area contributed by atoms with Crippen molar-refractivity contribution in [2.45, 2.75) is 25.0 Å². The molecule has 0 unspecified atom stereocenters. The molecule has 1 N–H and O–H groups in total. The number of hydrogen-bond acceptors (Lipinski definition) is 4. The van der Waals surface area contributed by atoms with Crippen LogP contribution >= 0.6 is 0 Å². The molecule has 1 heterocycles. The van der Waals surface area contributed by atoms with Crippen LogP contribution in [0.5, 0.6) is 0 Å². The minimum absolute atomic E-state index is 0.0421. The van der Waals surface area contributed by atoms with Crippen LogP contribution in [-0.2, 0) is 9.47 Å². The van der Waals surface area contributed by atoms with Crippen LogP contribution in [0.3, 0.4) is 0 Å².